The summed E-state index contributed by atoms with van der Waals surface area (Å²) in [4.78, 5) is 0. The summed E-state index contributed by atoms with van der Waals surface area (Å²) in [6.07, 6.45) is 3.47. The van der Waals surface area contributed by atoms with E-state index in [1.807, 2.05) is 24.3 Å². The van der Waals surface area contributed by atoms with E-state index in [9.17, 15) is 5.11 Å². The third-order valence-electron chi connectivity index (χ3n) is 3.36. The van der Waals surface area contributed by atoms with Gasteiger partial charge in [0.25, 0.3) is 0 Å². The molecule has 19 heavy (non-hydrogen) atoms. The topological polar surface area (TPSA) is 53.5 Å². The van der Waals surface area contributed by atoms with Crippen molar-refractivity contribution >= 4 is 23.0 Å². The molecule has 1 aliphatic carbocycles. The third-order valence-corrected chi connectivity index (χ3v) is 3.58. The molecule has 0 bridgehead atoms. The van der Waals surface area contributed by atoms with Gasteiger partial charge in [-0.15, -0.1) is 0 Å². The first-order valence-corrected chi connectivity index (χ1v) is 6.98. The van der Waals surface area contributed by atoms with Crippen molar-refractivity contribution in [2.45, 2.75) is 37.8 Å². The largest absolute Gasteiger partial charge is 0.497 e. The van der Waals surface area contributed by atoms with Crippen LogP contribution in [0.4, 0.5) is 5.69 Å². The minimum atomic E-state index is -0.141. The number of aliphatic hydroxyl groups is 1. The van der Waals surface area contributed by atoms with Crippen molar-refractivity contribution in [3.63, 3.8) is 0 Å². The van der Waals surface area contributed by atoms with Crippen LogP contribution in [0.3, 0.4) is 0 Å². The molecule has 0 aliphatic heterocycles. The molecule has 1 saturated carbocycles. The lowest BCUT2D eigenvalue weighted by atomic mass is 9.93. The Kier molecular flexibility index (Phi) is 4.99. The summed E-state index contributed by atoms with van der Waals surface area (Å²) >= 11 is 5.30. The SMILES string of the molecule is COc1cccc(NC(=S)NC2CCC(O)CC2)c1. The molecular formula is C14H20N2O2S. The van der Waals surface area contributed by atoms with E-state index in [-0.39, 0.29) is 6.10 Å². The highest BCUT2D eigenvalue weighted by Crippen LogP contribution is 2.19. The number of hydrogen-bond donors (Lipinski definition) is 3. The molecule has 0 spiro atoms. The molecule has 0 unspecified atom stereocenters. The number of benzene rings is 1. The number of anilines is 1. The molecule has 2 rings (SSSR count). The molecule has 1 aliphatic rings. The molecule has 1 aromatic rings. The molecule has 0 radical (unpaired) electrons. The molecule has 4 nitrogen and oxygen atoms in total. The highest BCUT2D eigenvalue weighted by molar-refractivity contribution is 7.80. The zero-order valence-corrected chi connectivity index (χ0v) is 11.9. The van der Waals surface area contributed by atoms with Crippen molar-refractivity contribution in [2.75, 3.05) is 12.4 Å². The number of ether oxygens (including phenoxy) is 1. The Hall–Kier alpha value is -1.33. The molecule has 0 aromatic heterocycles. The molecule has 0 heterocycles. The number of nitrogens with one attached hydrogen (secondary N) is 2. The molecule has 3 N–H and O–H groups in total. The molecule has 1 aromatic carbocycles. The standard InChI is InChI=1S/C14H20N2O2S/c1-18-13-4-2-3-11(9-13)16-14(19)15-10-5-7-12(17)8-6-10/h2-4,9-10,12,17H,5-8H2,1H3,(H2,15,16,19). The van der Waals surface area contributed by atoms with Crippen LogP contribution < -0.4 is 15.4 Å². The van der Waals surface area contributed by atoms with Gasteiger partial charge >= 0.3 is 0 Å². The maximum absolute atomic E-state index is 9.46. The summed E-state index contributed by atoms with van der Waals surface area (Å²) in [5.41, 5.74) is 0.910. The fraction of sp³-hybridized carbons (Fsp3) is 0.500. The van der Waals surface area contributed by atoms with Crippen LogP contribution in [0.1, 0.15) is 25.7 Å². The van der Waals surface area contributed by atoms with Crippen LogP contribution in [0.5, 0.6) is 5.75 Å². The minimum Gasteiger partial charge on any atom is -0.497 e. The normalized spacial score (nSPS) is 22.6. The van der Waals surface area contributed by atoms with E-state index in [0.29, 0.717) is 11.2 Å². The second-order valence-electron chi connectivity index (χ2n) is 4.84. The zero-order chi connectivity index (χ0) is 13.7. The monoisotopic (exact) mass is 280 g/mol. The number of rotatable bonds is 3. The van der Waals surface area contributed by atoms with Crippen LogP contribution in [0.25, 0.3) is 0 Å². The predicted octanol–water partition coefficient (Wildman–Crippen LogP) is 2.29. The lowest BCUT2D eigenvalue weighted by Gasteiger charge is -2.27. The van der Waals surface area contributed by atoms with E-state index >= 15 is 0 Å². The Bertz CT molecular complexity index is 431. The minimum absolute atomic E-state index is 0.141. The van der Waals surface area contributed by atoms with Gasteiger partial charge in [-0.05, 0) is 50.0 Å². The Morgan fingerprint density at radius 1 is 1.32 bits per heavy atom. The summed E-state index contributed by atoms with van der Waals surface area (Å²) < 4.78 is 5.17. The van der Waals surface area contributed by atoms with Crippen molar-refractivity contribution in [3.05, 3.63) is 24.3 Å². The Morgan fingerprint density at radius 3 is 2.74 bits per heavy atom. The smallest absolute Gasteiger partial charge is 0.170 e. The van der Waals surface area contributed by atoms with Gasteiger partial charge in [0.2, 0.25) is 0 Å². The Morgan fingerprint density at radius 2 is 2.05 bits per heavy atom. The van der Waals surface area contributed by atoms with Crippen LogP contribution in [-0.2, 0) is 0 Å². The summed E-state index contributed by atoms with van der Waals surface area (Å²) in [5, 5.41) is 16.5. The molecule has 0 amide bonds. The van der Waals surface area contributed by atoms with Crippen LogP contribution >= 0.6 is 12.2 Å². The number of hydrogen-bond acceptors (Lipinski definition) is 3. The van der Waals surface area contributed by atoms with E-state index < -0.39 is 0 Å². The van der Waals surface area contributed by atoms with Gasteiger partial charge in [0.1, 0.15) is 5.75 Å². The average Bonchev–Trinajstić information content (AvgIpc) is 2.41. The van der Waals surface area contributed by atoms with E-state index in [2.05, 4.69) is 10.6 Å². The fourth-order valence-electron chi connectivity index (χ4n) is 2.27. The van der Waals surface area contributed by atoms with Crippen molar-refractivity contribution in [2.24, 2.45) is 0 Å². The van der Waals surface area contributed by atoms with Gasteiger partial charge in [0.15, 0.2) is 5.11 Å². The van der Waals surface area contributed by atoms with Crippen LogP contribution in [0, 0.1) is 0 Å². The summed E-state index contributed by atoms with van der Waals surface area (Å²) in [6, 6.07) is 8.01. The van der Waals surface area contributed by atoms with Gasteiger partial charge in [-0.3, -0.25) is 0 Å². The number of aliphatic hydroxyl groups excluding tert-OH is 1. The fourth-order valence-corrected chi connectivity index (χ4v) is 2.56. The van der Waals surface area contributed by atoms with Crippen molar-refractivity contribution < 1.29 is 9.84 Å². The quantitative estimate of drug-likeness (QED) is 0.742. The van der Waals surface area contributed by atoms with Gasteiger partial charge < -0.3 is 20.5 Å². The zero-order valence-electron chi connectivity index (χ0n) is 11.1. The molecule has 0 saturated heterocycles. The van der Waals surface area contributed by atoms with Crippen molar-refractivity contribution in [3.8, 4) is 5.75 Å². The predicted molar refractivity (Wildman–Crippen MR) is 80.6 cm³/mol. The lowest BCUT2D eigenvalue weighted by molar-refractivity contribution is 0.120. The highest BCUT2D eigenvalue weighted by atomic mass is 32.1. The molecule has 0 atom stereocenters. The molecule has 104 valence electrons. The first-order chi connectivity index (χ1) is 9.17. The van der Waals surface area contributed by atoms with Crippen LogP contribution in [0.15, 0.2) is 24.3 Å². The van der Waals surface area contributed by atoms with Gasteiger partial charge in [-0.1, -0.05) is 6.07 Å². The highest BCUT2D eigenvalue weighted by Gasteiger charge is 2.19. The Labute approximate surface area is 119 Å². The summed E-state index contributed by atoms with van der Waals surface area (Å²) in [5.74, 6) is 0.800. The van der Waals surface area contributed by atoms with Gasteiger partial charge in [0, 0.05) is 17.8 Å². The third kappa shape index (κ3) is 4.36. The summed E-state index contributed by atoms with van der Waals surface area (Å²) in [6.45, 7) is 0. The molecule has 1 fully saturated rings. The maximum atomic E-state index is 9.46. The number of methoxy groups -OCH3 is 1. The van der Waals surface area contributed by atoms with Gasteiger partial charge in [-0.25, -0.2) is 0 Å². The first kappa shape index (κ1) is 14.1. The maximum Gasteiger partial charge on any atom is 0.170 e. The lowest BCUT2D eigenvalue weighted by Crippen LogP contribution is -2.40. The van der Waals surface area contributed by atoms with E-state index in [1.165, 1.54) is 0 Å². The van der Waals surface area contributed by atoms with E-state index in [1.54, 1.807) is 7.11 Å². The van der Waals surface area contributed by atoms with Crippen molar-refractivity contribution in [1.82, 2.24) is 5.32 Å². The van der Waals surface area contributed by atoms with Crippen LogP contribution in [-0.4, -0.2) is 29.5 Å². The van der Waals surface area contributed by atoms with Gasteiger partial charge in [0.05, 0.1) is 13.2 Å². The number of thiocarbonyl (C=S) groups is 1. The Balaban J connectivity index is 1.83. The second kappa shape index (κ2) is 6.73. The second-order valence-corrected chi connectivity index (χ2v) is 5.24. The van der Waals surface area contributed by atoms with Crippen molar-refractivity contribution in [1.29, 1.82) is 0 Å². The summed E-state index contributed by atoms with van der Waals surface area (Å²) in [7, 11) is 1.64. The van der Waals surface area contributed by atoms with E-state index in [4.69, 9.17) is 17.0 Å². The van der Waals surface area contributed by atoms with E-state index in [0.717, 1.165) is 37.1 Å². The first-order valence-electron chi connectivity index (χ1n) is 6.57. The molecule has 5 heteroatoms. The van der Waals surface area contributed by atoms with Crippen LogP contribution in [0.2, 0.25) is 0 Å². The van der Waals surface area contributed by atoms with Gasteiger partial charge in [-0.2, -0.15) is 0 Å². The average molecular weight is 280 g/mol. The molecular weight excluding hydrogens is 260 g/mol.